The molecule has 18 heavy (non-hydrogen) atoms. The SMILES string of the molecule is CC1CN(CC2(C(=O)O)CCOC2)CC1N(C)C. The molecule has 0 saturated carbocycles. The zero-order chi connectivity index (χ0) is 13.3. The normalized spacial score (nSPS) is 37.6. The third kappa shape index (κ3) is 2.53. The van der Waals surface area contributed by atoms with E-state index in [4.69, 9.17) is 4.74 Å². The number of aliphatic carboxylic acids is 1. The van der Waals surface area contributed by atoms with E-state index in [0.717, 1.165) is 13.1 Å². The molecule has 2 rings (SSSR count). The van der Waals surface area contributed by atoms with Gasteiger partial charge in [-0.2, -0.15) is 0 Å². The first-order chi connectivity index (χ1) is 8.44. The molecule has 0 aromatic rings. The van der Waals surface area contributed by atoms with Crippen LogP contribution in [0.2, 0.25) is 0 Å². The fraction of sp³-hybridized carbons (Fsp3) is 0.923. The molecule has 5 heteroatoms. The molecule has 0 spiro atoms. The van der Waals surface area contributed by atoms with Crippen molar-refractivity contribution in [1.82, 2.24) is 9.80 Å². The molecule has 2 heterocycles. The van der Waals surface area contributed by atoms with Crippen molar-refractivity contribution in [3.63, 3.8) is 0 Å². The second kappa shape index (κ2) is 5.15. The van der Waals surface area contributed by atoms with Crippen LogP contribution in [0.15, 0.2) is 0 Å². The number of ether oxygens (including phenoxy) is 1. The summed E-state index contributed by atoms with van der Waals surface area (Å²) in [4.78, 5) is 16.0. The first kappa shape index (κ1) is 13.8. The van der Waals surface area contributed by atoms with Crippen LogP contribution in [0, 0.1) is 11.3 Å². The molecule has 104 valence electrons. The van der Waals surface area contributed by atoms with Crippen LogP contribution in [0.25, 0.3) is 0 Å². The Hall–Kier alpha value is -0.650. The van der Waals surface area contributed by atoms with Crippen molar-refractivity contribution in [1.29, 1.82) is 0 Å². The van der Waals surface area contributed by atoms with Gasteiger partial charge >= 0.3 is 5.97 Å². The van der Waals surface area contributed by atoms with E-state index in [-0.39, 0.29) is 0 Å². The van der Waals surface area contributed by atoms with Crippen molar-refractivity contribution < 1.29 is 14.6 Å². The number of likely N-dealkylation sites (tertiary alicyclic amines) is 1. The van der Waals surface area contributed by atoms with Gasteiger partial charge in [-0.1, -0.05) is 6.92 Å². The molecule has 3 unspecified atom stereocenters. The Morgan fingerprint density at radius 2 is 2.22 bits per heavy atom. The first-order valence-electron chi connectivity index (χ1n) is 6.64. The highest BCUT2D eigenvalue weighted by Crippen LogP contribution is 2.32. The lowest BCUT2D eigenvalue weighted by atomic mass is 9.87. The predicted molar refractivity (Wildman–Crippen MR) is 68.6 cm³/mol. The summed E-state index contributed by atoms with van der Waals surface area (Å²) in [6.45, 7) is 5.74. The van der Waals surface area contributed by atoms with Crippen molar-refractivity contribution in [3.8, 4) is 0 Å². The van der Waals surface area contributed by atoms with Gasteiger partial charge in [0.2, 0.25) is 0 Å². The first-order valence-corrected chi connectivity index (χ1v) is 6.64. The van der Waals surface area contributed by atoms with E-state index in [1.807, 2.05) is 0 Å². The maximum atomic E-state index is 11.5. The standard InChI is InChI=1S/C13H24N2O3/c1-10-6-15(7-11(10)14(2)3)8-13(12(16)17)4-5-18-9-13/h10-11H,4-9H2,1-3H3,(H,16,17). The zero-order valence-electron chi connectivity index (χ0n) is 11.6. The van der Waals surface area contributed by atoms with Gasteiger partial charge in [-0.3, -0.25) is 4.79 Å². The van der Waals surface area contributed by atoms with Crippen molar-refractivity contribution in [2.45, 2.75) is 19.4 Å². The summed E-state index contributed by atoms with van der Waals surface area (Å²) in [5.74, 6) is -0.117. The van der Waals surface area contributed by atoms with E-state index in [1.165, 1.54) is 0 Å². The highest BCUT2D eigenvalue weighted by Gasteiger charge is 2.45. The lowest BCUT2D eigenvalue weighted by molar-refractivity contribution is -0.150. The third-order valence-corrected chi connectivity index (χ3v) is 4.39. The number of hydrogen-bond donors (Lipinski definition) is 1. The number of likely N-dealkylation sites (N-methyl/N-ethyl adjacent to an activating group) is 1. The number of carboxylic acid groups (broad SMARTS) is 1. The van der Waals surface area contributed by atoms with E-state index >= 15 is 0 Å². The fourth-order valence-electron chi connectivity index (χ4n) is 3.25. The largest absolute Gasteiger partial charge is 0.481 e. The Kier molecular flexibility index (Phi) is 3.94. The molecular weight excluding hydrogens is 232 g/mol. The Balaban J connectivity index is 2.00. The van der Waals surface area contributed by atoms with Gasteiger partial charge in [0.15, 0.2) is 0 Å². The maximum Gasteiger partial charge on any atom is 0.313 e. The second-order valence-corrected chi connectivity index (χ2v) is 6.09. The van der Waals surface area contributed by atoms with Crippen molar-refractivity contribution in [3.05, 3.63) is 0 Å². The summed E-state index contributed by atoms with van der Waals surface area (Å²) in [7, 11) is 4.19. The van der Waals surface area contributed by atoms with Crippen LogP contribution in [-0.2, 0) is 9.53 Å². The average molecular weight is 256 g/mol. The molecule has 2 fully saturated rings. The van der Waals surface area contributed by atoms with Crippen LogP contribution >= 0.6 is 0 Å². The summed E-state index contributed by atoms with van der Waals surface area (Å²) in [5, 5.41) is 9.45. The molecule has 0 aromatic heterocycles. The lowest BCUT2D eigenvalue weighted by Crippen LogP contribution is -2.44. The van der Waals surface area contributed by atoms with Gasteiger partial charge < -0.3 is 19.6 Å². The topological polar surface area (TPSA) is 53.0 Å². The summed E-state index contributed by atoms with van der Waals surface area (Å²) in [6, 6.07) is 0.526. The molecule has 1 N–H and O–H groups in total. The molecule has 0 aliphatic carbocycles. The maximum absolute atomic E-state index is 11.5. The van der Waals surface area contributed by atoms with E-state index in [9.17, 15) is 9.90 Å². The summed E-state index contributed by atoms with van der Waals surface area (Å²) < 4.78 is 5.32. The molecule has 0 aromatic carbocycles. The molecule has 5 nitrogen and oxygen atoms in total. The van der Waals surface area contributed by atoms with Gasteiger partial charge in [0, 0.05) is 32.3 Å². The van der Waals surface area contributed by atoms with Crippen molar-refractivity contribution in [2.75, 3.05) is 46.9 Å². The van der Waals surface area contributed by atoms with Crippen LogP contribution in [0.1, 0.15) is 13.3 Å². The molecule has 0 amide bonds. The molecule has 0 radical (unpaired) electrons. The van der Waals surface area contributed by atoms with Crippen molar-refractivity contribution >= 4 is 5.97 Å². The minimum atomic E-state index is -0.707. The Bertz CT molecular complexity index is 313. The van der Waals surface area contributed by atoms with Crippen LogP contribution in [0.4, 0.5) is 0 Å². The van der Waals surface area contributed by atoms with Gasteiger partial charge in [-0.15, -0.1) is 0 Å². The minimum Gasteiger partial charge on any atom is -0.481 e. The molecule has 2 aliphatic rings. The fourth-order valence-corrected chi connectivity index (χ4v) is 3.25. The van der Waals surface area contributed by atoms with Gasteiger partial charge in [0.25, 0.3) is 0 Å². The predicted octanol–water partition coefficient (Wildman–Crippen LogP) is 0.360. The molecule has 0 bridgehead atoms. The lowest BCUT2D eigenvalue weighted by Gasteiger charge is -2.28. The van der Waals surface area contributed by atoms with Crippen LogP contribution in [-0.4, -0.2) is 73.9 Å². The van der Waals surface area contributed by atoms with Crippen LogP contribution in [0.5, 0.6) is 0 Å². The van der Waals surface area contributed by atoms with Crippen LogP contribution < -0.4 is 0 Å². The number of carbonyl (C=O) groups is 1. The number of carboxylic acids is 1. The van der Waals surface area contributed by atoms with Gasteiger partial charge in [0.1, 0.15) is 5.41 Å². The number of nitrogens with zero attached hydrogens (tertiary/aromatic N) is 2. The van der Waals surface area contributed by atoms with Crippen molar-refractivity contribution in [2.24, 2.45) is 11.3 Å². The Morgan fingerprint density at radius 3 is 2.67 bits per heavy atom. The number of rotatable bonds is 4. The van der Waals surface area contributed by atoms with E-state index < -0.39 is 11.4 Å². The zero-order valence-corrected chi connectivity index (χ0v) is 11.6. The molecule has 2 saturated heterocycles. The van der Waals surface area contributed by atoms with Gasteiger partial charge in [-0.25, -0.2) is 0 Å². The monoisotopic (exact) mass is 256 g/mol. The summed E-state index contributed by atoms with van der Waals surface area (Å²) >= 11 is 0. The molecular formula is C13H24N2O3. The smallest absolute Gasteiger partial charge is 0.313 e. The van der Waals surface area contributed by atoms with E-state index in [1.54, 1.807) is 0 Å². The minimum absolute atomic E-state index is 0.361. The Labute approximate surface area is 109 Å². The van der Waals surface area contributed by atoms with Crippen LogP contribution in [0.3, 0.4) is 0 Å². The third-order valence-electron chi connectivity index (χ3n) is 4.39. The summed E-state index contributed by atoms with van der Waals surface area (Å²) in [5.41, 5.74) is -0.680. The van der Waals surface area contributed by atoms with E-state index in [2.05, 4.69) is 30.8 Å². The Morgan fingerprint density at radius 1 is 1.50 bits per heavy atom. The number of hydrogen-bond acceptors (Lipinski definition) is 4. The van der Waals surface area contributed by atoms with Gasteiger partial charge in [-0.05, 0) is 26.4 Å². The second-order valence-electron chi connectivity index (χ2n) is 6.09. The molecule has 3 atom stereocenters. The average Bonchev–Trinajstić information content (AvgIpc) is 2.86. The molecule has 2 aliphatic heterocycles. The van der Waals surface area contributed by atoms with E-state index in [0.29, 0.717) is 38.1 Å². The highest BCUT2D eigenvalue weighted by atomic mass is 16.5. The summed E-state index contributed by atoms with van der Waals surface area (Å²) in [6.07, 6.45) is 0.639. The highest BCUT2D eigenvalue weighted by molar-refractivity contribution is 5.75. The van der Waals surface area contributed by atoms with Gasteiger partial charge in [0.05, 0.1) is 6.61 Å². The quantitative estimate of drug-likeness (QED) is 0.787.